The van der Waals surface area contributed by atoms with Crippen molar-refractivity contribution >= 4 is 47.8 Å². The van der Waals surface area contributed by atoms with Crippen LogP contribution in [0.1, 0.15) is 11.4 Å². The summed E-state index contributed by atoms with van der Waals surface area (Å²) in [7, 11) is 0. The van der Waals surface area contributed by atoms with E-state index in [9.17, 15) is 9.59 Å². The van der Waals surface area contributed by atoms with Gasteiger partial charge in [-0.2, -0.15) is 15.0 Å². The third-order valence-electron chi connectivity index (χ3n) is 3.92. The van der Waals surface area contributed by atoms with Crippen LogP contribution in [0.4, 0.5) is 5.69 Å². The van der Waals surface area contributed by atoms with Crippen LogP contribution >= 0.6 is 0 Å². The minimum Gasteiger partial charge on any atom is -0.354 e. The SMILES string of the molecule is O=C=NC1=CC=NC1=Cc1cc(N=C=O)c(C=C2C=CC(C=C3C=C=C=N3)=N2)[nH]1. The lowest BCUT2D eigenvalue weighted by atomic mass is 10.2. The molecule has 4 rings (SSSR count). The summed E-state index contributed by atoms with van der Waals surface area (Å²) in [5, 5.41) is 0. The van der Waals surface area contributed by atoms with Gasteiger partial charge in [0, 0.05) is 23.9 Å². The Bertz CT molecular complexity index is 1300. The maximum absolute atomic E-state index is 10.8. The van der Waals surface area contributed by atoms with Crippen LogP contribution in [0.25, 0.3) is 12.2 Å². The van der Waals surface area contributed by atoms with Gasteiger partial charge in [-0.05, 0) is 48.3 Å². The van der Waals surface area contributed by atoms with E-state index in [4.69, 9.17) is 0 Å². The molecule has 29 heavy (non-hydrogen) atoms. The molecule has 0 bridgehead atoms. The van der Waals surface area contributed by atoms with Gasteiger partial charge < -0.3 is 4.98 Å². The van der Waals surface area contributed by atoms with Gasteiger partial charge in [-0.15, -0.1) is 0 Å². The Balaban J connectivity index is 1.65. The number of allylic oxidation sites excluding steroid dienone is 5. The van der Waals surface area contributed by atoms with E-state index in [0.29, 0.717) is 39.9 Å². The van der Waals surface area contributed by atoms with Gasteiger partial charge in [0.25, 0.3) is 0 Å². The standard InChI is InChI=1S/C21H10N6O2/c28-12-24-18-5-7-23-19(18)10-17-11-20(25-13-29)21(27-17)9-16-4-3-15(26-16)8-14-2-1-6-22-14/h2-5,7-11,27H. The van der Waals surface area contributed by atoms with Crippen molar-refractivity contribution in [3.63, 3.8) is 0 Å². The van der Waals surface area contributed by atoms with E-state index in [1.807, 2.05) is 12.2 Å². The van der Waals surface area contributed by atoms with Crippen LogP contribution in [-0.4, -0.2) is 34.9 Å². The topological polar surface area (TPSA) is 112 Å². The van der Waals surface area contributed by atoms with Gasteiger partial charge in [0.05, 0.1) is 28.5 Å². The van der Waals surface area contributed by atoms with Crippen molar-refractivity contribution in [1.29, 1.82) is 0 Å². The fraction of sp³-hybridized carbons (Fsp3) is 0. The first-order valence-corrected chi connectivity index (χ1v) is 8.35. The zero-order valence-electron chi connectivity index (χ0n) is 14.7. The number of nitrogens with zero attached hydrogens (tertiary/aromatic N) is 5. The fourth-order valence-electron chi connectivity index (χ4n) is 2.72. The van der Waals surface area contributed by atoms with E-state index in [-0.39, 0.29) is 0 Å². The van der Waals surface area contributed by atoms with Crippen molar-refractivity contribution in [1.82, 2.24) is 4.98 Å². The molecule has 0 saturated carbocycles. The summed E-state index contributed by atoms with van der Waals surface area (Å²) in [6.45, 7) is 0. The third-order valence-corrected chi connectivity index (χ3v) is 3.92. The van der Waals surface area contributed by atoms with Gasteiger partial charge in [-0.3, -0.25) is 4.99 Å². The number of carbonyl (C=O) groups excluding carboxylic acids is 2. The van der Waals surface area contributed by atoms with E-state index >= 15 is 0 Å². The van der Waals surface area contributed by atoms with Gasteiger partial charge >= 0.3 is 0 Å². The second-order valence-corrected chi connectivity index (χ2v) is 5.81. The monoisotopic (exact) mass is 378 g/mol. The molecular formula is C21H10N6O2. The lowest BCUT2D eigenvalue weighted by Crippen LogP contribution is -1.84. The van der Waals surface area contributed by atoms with Gasteiger partial charge in [-0.1, -0.05) is 0 Å². The average Bonchev–Trinajstić information content (AvgIpc) is 3.49. The summed E-state index contributed by atoms with van der Waals surface area (Å²) in [6, 6.07) is 1.66. The number of aromatic nitrogens is 1. The number of aromatic amines is 1. The third kappa shape index (κ3) is 4.02. The molecule has 0 amide bonds. The molecule has 136 valence electrons. The van der Waals surface area contributed by atoms with E-state index in [2.05, 4.69) is 41.5 Å². The molecule has 0 spiro atoms. The van der Waals surface area contributed by atoms with Crippen molar-refractivity contribution in [2.75, 3.05) is 0 Å². The summed E-state index contributed by atoms with van der Waals surface area (Å²) < 4.78 is 0. The number of nitrogens with one attached hydrogen (secondary N) is 1. The molecule has 3 aliphatic rings. The normalized spacial score (nSPS) is 19.9. The van der Waals surface area contributed by atoms with Crippen LogP contribution in [-0.2, 0) is 9.59 Å². The maximum atomic E-state index is 10.8. The zero-order valence-corrected chi connectivity index (χ0v) is 14.7. The average molecular weight is 378 g/mol. The molecular weight excluding hydrogens is 368 g/mol. The summed E-state index contributed by atoms with van der Waals surface area (Å²) >= 11 is 0. The van der Waals surface area contributed by atoms with Crippen molar-refractivity contribution in [2.45, 2.75) is 0 Å². The van der Waals surface area contributed by atoms with Crippen molar-refractivity contribution in [3.8, 4) is 0 Å². The number of aliphatic imine (C=N–C) groups is 5. The van der Waals surface area contributed by atoms with Gasteiger partial charge in [0.1, 0.15) is 11.4 Å². The van der Waals surface area contributed by atoms with Gasteiger partial charge in [0.2, 0.25) is 12.2 Å². The van der Waals surface area contributed by atoms with Crippen LogP contribution in [0.2, 0.25) is 0 Å². The zero-order chi connectivity index (χ0) is 20.1. The molecule has 1 N–H and O–H groups in total. The second-order valence-electron chi connectivity index (χ2n) is 5.81. The predicted molar refractivity (Wildman–Crippen MR) is 109 cm³/mol. The number of hydrogen-bond donors (Lipinski definition) is 1. The highest BCUT2D eigenvalue weighted by molar-refractivity contribution is 6.08. The first-order valence-electron chi connectivity index (χ1n) is 8.35. The van der Waals surface area contributed by atoms with E-state index in [0.717, 1.165) is 5.71 Å². The van der Waals surface area contributed by atoms with Crippen LogP contribution in [0.3, 0.4) is 0 Å². The number of H-pyrrole nitrogens is 1. The molecule has 0 radical (unpaired) electrons. The molecule has 0 unspecified atom stereocenters. The fourth-order valence-corrected chi connectivity index (χ4v) is 2.72. The van der Waals surface area contributed by atoms with Crippen LogP contribution in [0.15, 0.2) is 89.9 Å². The summed E-state index contributed by atoms with van der Waals surface area (Å²) in [6.07, 6.45) is 16.8. The number of rotatable bonds is 5. The van der Waals surface area contributed by atoms with Crippen molar-refractivity contribution in [2.24, 2.45) is 25.0 Å². The van der Waals surface area contributed by atoms with Crippen LogP contribution < -0.4 is 0 Å². The Labute approximate surface area is 164 Å². The molecule has 8 nitrogen and oxygen atoms in total. The first-order chi connectivity index (χ1) is 14.2. The highest BCUT2D eigenvalue weighted by atomic mass is 16.1. The molecule has 0 saturated heterocycles. The highest BCUT2D eigenvalue weighted by Crippen LogP contribution is 2.27. The van der Waals surface area contributed by atoms with E-state index in [1.54, 1.807) is 42.5 Å². The molecule has 0 aromatic carbocycles. The van der Waals surface area contributed by atoms with Gasteiger partial charge in [-0.25, -0.2) is 14.6 Å². The number of hydrogen-bond acceptors (Lipinski definition) is 7. The number of isocyanates is 2. The minimum atomic E-state index is 0.397. The maximum Gasteiger partial charge on any atom is 0.240 e. The molecule has 0 aliphatic carbocycles. The molecule has 3 aliphatic heterocycles. The Morgan fingerprint density at radius 1 is 1.07 bits per heavy atom. The summed E-state index contributed by atoms with van der Waals surface area (Å²) in [4.78, 5) is 44.4. The van der Waals surface area contributed by atoms with Crippen molar-refractivity contribution in [3.05, 3.63) is 76.4 Å². The minimum absolute atomic E-state index is 0.397. The highest BCUT2D eigenvalue weighted by Gasteiger charge is 2.11. The molecule has 0 fully saturated rings. The summed E-state index contributed by atoms with van der Waals surface area (Å²) in [5.74, 6) is 2.62. The Kier molecular flexibility index (Phi) is 4.83. The Morgan fingerprint density at radius 2 is 1.97 bits per heavy atom. The quantitative estimate of drug-likeness (QED) is 0.482. The lowest BCUT2D eigenvalue weighted by Gasteiger charge is -1.95. The lowest BCUT2D eigenvalue weighted by molar-refractivity contribution is 0.564. The predicted octanol–water partition coefficient (Wildman–Crippen LogP) is 3.26. The molecule has 1 aromatic rings. The molecule has 4 heterocycles. The van der Waals surface area contributed by atoms with Crippen molar-refractivity contribution < 1.29 is 9.59 Å². The summed E-state index contributed by atoms with van der Waals surface area (Å²) in [5.41, 5.74) is 7.35. The second kappa shape index (κ2) is 7.91. The van der Waals surface area contributed by atoms with E-state index < -0.39 is 0 Å². The first kappa shape index (κ1) is 17.7. The van der Waals surface area contributed by atoms with Crippen LogP contribution in [0, 0.1) is 0 Å². The smallest absolute Gasteiger partial charge is 0.240 e. The molecule has 1 aromatic heterocycles. The molecule has 0 atom stereocenters. The largest absolute Gasteiger partial charge is 0.354 e. The van der Waals surface area contributed by atoms with E-state index in [1.165, 1.54) is 12.3 Å². The Morgan fingerprint density at radius 3 is 2.76 bits per heavy atom. The van der Waals surface area contributed by atoms with Crippen LogP contribution in [0.5, 0.6) is 0 Å². The van der Waals surface area contributed by atoms with Gasteiger partial charge in [0.15, 0.2) is 0 Å². The Hall–Kier alpha value is -4.69. The molecule has 8 heteroatoms.